The van der Waals surface area contributed by atoms with Gasteiger partial charge >= 0.3 is 0 Å². The van der Waals surface area contributed by atoms with Crippen LogP contribution in [0.25, 0.3) is 0 Å². The van der Waals surface area contributed by atoms with Crippen LogP contribution in [0.15, 0.2) is 35.2 Å². The standard InChI is InChI=1S/C12H16N2O4S3/c1-12(7-8-20(15,16)9-12)13-11(19)14-21(17,18)10-5-3-2-4-6-10/h2-6H,7-9H2,1H3,(H2,13,14,19). The predicted molar refractivity (Wildman–Crippen MR) is 84.2 cm³/mol. The first kappa shape index (κ1) is 16.2. The van der Waals surface area contributed by atoms with Crippen molar-refractivity contribution < 1.29 is 16.8 Å². The summed E-state index contributed by atoms with van der Waals surface area (Å²) in [5.41, 5.74) is -0.741. The third kappa shape index (κ3) is 4.14. The Morgan fingerprint density at radius 3 is 2.43 bits per heavy atom. The van der Waals surface area contributed by atoms with E-state index in [1.54, 1.807) is 25.1 Å². The minimum Gasteiger partial charge on any atom is -0.356 e. The zero-order valence-electron chi connectivity index (χ0n) is 11.4. The average molecular weight is 348 g/mol. The van der Waals surface area contributed by atoms with E-state index in [4.69, 9.17) is 12.2 Å². The molecule has 0 radical (unpaired) electrons. The molecule has 0 amide bonds. The second-order valence-electron chi connectivity index (χ2n) is 5.28. The van der Waals surface area contributed by atoms with Crippen LogP contribution in [0.4, 0.5) is 0 Å². The monoisotopic (exact) mass is 348 g/mol. The van der Waals surface area contributed by atoms with E-state index in [1.807, 2.05) is 0 Å². The molecule has 1 unspecified atom stereocenters. The first-order chi connectivity index (χ1) is 9.62. The highest BCUT2D eigenvalue weighted by Gasteiger charge is 2.39. The Labute approximate surface area is 129 Å². The molecule has 6 nitrogen and oxygen atoms in total. The van der Waals surface area contributed by atoms with Crippen LogP contribution >= 0.6 is 12.2 Å². The first-order valence-electron chi connectivity index (χ1n) is 6.22. The van der Waals surface area contributed by atoms with Gasteiger partial charge in [-0.3, -0.25) is 4.72 Å². The third-order valence-electron chi connectivity index (χ3n) is 3.20. The number of sulfonamides is 1. The van der Waals surface area contributed by atoms with Crippen molar-refractivity contribution in [2.24, 2.45) is 0 Å². The minimum atomic E-state index is -3.76. The SMILES string of the molecule is CC1(NC(=S)NS(=O)(=O)c2ccccc2)CCS(=O)(=O)C1. The van der Waals surface area contributed by atoms with Crippen molar-refractivity contribution in [2.45, 2.75) is 23.8 Å². The minimum absolute atomic E-state index is 0.0623. The van der Waals surface area contributed by atoms with Gasteiger partial charge in [-0.05, 0) is 37.7 Å². The van der Waals surface area contributed by atoms with Crippen molar-refractivity contribution in [3.63, 3.8) is 0 Å². The smallest absolute Gasteiger partial charge is 0.263 e. The maximum absolute atomic E-state index is 12.1. The molecular weight excluding hydrogens is 332 g/mol. The molecule has 1 heterocycles. The summed E-state index contributed by atoms with van der Waals surface area (Å²) in [4.78, 5) is 0.0957. The topological polar surface area (TPSA) is 92.3 Å². The lowest BCUT2D eigenvalue weighted by Crippen LogP contribution is -2.52. The Morgan fingerprint density at radius 2 is 1.90 bits per heavy atom. The van der Waals surface area contributed by atoms with E-state index < -0.39 is 25.4 Å². The summed E-state index contributed by atoms with van der Waals surface area (Å²) in [5, 5.41) is 2.70. The number of sulfone groups is 1. The fourth-order valence-corrected chi connectivity index (χ4v) is 5.79. The largest absolute Gasteiger partial charge is 0.356 e. The Kier molecular flexibility index (Phi) is 4.27. The Morgan fingerprint density at radius 1 is 1.29 bits per heavy atom. The molecule has 9 heteroatoms. The number of thiocarbonyl (C=S) groups is 1. The van der Waals surface area contributed by atoms with E-state index >= 15 is 0 Å². The van der Waals surface area contributed by atoms with Gasteiger partial charge in [0.05, 0.1) is 21.9 Å². The zero-order valence-corrected chi connectivity index (χ0v) is 13.8. The van der Waals surface area contributed by atoms with Crippen molar-refractivity contribution in [2.75, 3.05) is 11.5 Å². The van der Waals surface area contributed by atoms with Crippen molar-refractivity contribution in [3.05, 3.63) is 30.3 Å². The summed E-state index contributed by atoms with van der Waals surface area (Å²) in [5.74, 6) is 0.0117. The van der Waals surface area contributed by atoms with Crippen LogP contribution < -0.4 is 10.0 Å². The molecule has 0 aromatic heterocycles. The van der Waals surface area contributed by atoms with Gasteiger partial charge in [0, 0.05) is 0 Å². The van der Waals surface area contributed by atoms with Crippen molar-refractivity contribution in [1.82, 2.24) is 10.0 Å². The molecule has 1 aromatic rings. The number of hydrogen-bond donors (Lipinski definition) is 2. The molecule has 21 heavy (non-hydrogen) atoms. The van der Waals surface area contributed by atoms with Gasteiger partial charge in [-0.25, -0.2) is 16.8 Å². The molecule has 1 aromatic carbocycles. The van der Waals surface area contributed by atoms with Gasteiger partial charge in [0.2, 0.25) is 0 Å². The molecule has 1 saturated heterocycles. The van der Waals surface area contributed by atoms with Crippen molar-refractivity contribution >= 4 is 37.2 Å². The van der Waals surface area contributed by atoms with Gasteiger partial charge in [-0.2, -0.15) is 0 Å². The summed E-state index contributed by atoms with van der Waals surface area (Å²) in [6.45, 7) is 1.71. The second kappa shape index (κ2) is 5.54. The van der Waals surface area contributed by atoms with E-state index in [-0.39, 0.29) is 21.5 Å². The molecule has 0 spiro atoms. The average Bonchev–Trinajstić information content (AvgIpc) is 2.63. The van der Waals surface area contributed by atoms with Crippen LogP contribution in [0.5, 0.6) is 0 Å². The third-order valence-corrected chi connectivity index (χ3v) is 6.80. The highest BCUT2D eigenvalue weighted by Crippen LogP contribution is 2.22. The number of benzene rings is 1. The molecule has 1 aliphatic heterocycles. The maximum Gasteiger partial charge on any atom is 0.263 e. The fourth-order valence-electron chi connectivity index (χ4n) is 2.19. The molecule has 2 rings (SSSR count). The van der Waals surface area contributed by atoms with Gasteiger partial charge in [0.1, 0.15) is 0 Å². The molecule has 116 valence electrons. The second-order valence-corrected chi connectivity index (χ2v) is 9.55. The highest BCUT2D eigenvalue weighted by molar-refractivity contribution is 7.92. The quantitative estimate of drug-likeness (QED) is 0.769. The van der Waals surface area contributed by atoms with Gasteiger partial charge in [0.15, 0.2) is 14.9 Å². The van der Waals surface area contributed by atoms with Crippen LogP contribution in [0.2, 0.25) is 0 Å². The van der Waals surface area contributed by atoms with Gasteiger partial charge < -0.3 is 5.32 Å². The van der Waals surface area contributed by atoms with Crippen molar-refractivity contribution in [1.29, 1.82) is 0 Å². The van der Waals surface area contributed by atoms with E-state index in [1.165, 1.54) is 12.1 Å². The van der Waals surface area contributed by atoms with Crippen LogP contribution in [0.3, 0.4) is 0 Å². The van der Waals surface area contributed by atoms with Gasteiger partial charge in [-0.15, -0.1) is 0 Å². The van der Waals surface area contributed by atoms with E-state index in [0.717, 1.165) is 0 Å². The zero-order chi connectivity index (χ0) is 15.7. The number of hydrogen-bond acceptors (Lipinski definition) is 5. The summed E-state index contributed by atoms with van der Waals surface area (Å²) < 4.78 is 49.5. The predicted octanol–water partition coefficient (Wildman–Crippen LogP) is 0.417. The normalized spacial score (nSPS) is 24.4. The number of rotatable bonds is 3. The summed E-state index contributed by atoms with van der Waals surface area (Å²) in [6, 6.07) is 7.82. The van der Waals surface area contributed by atoms with Crippen LogP contribution in [0, 0.1) is 0 Å². The van der Waals surface area contributed by atoms with Gasteiger partial charge in [0.25, 0.3) is 10.0 Å². The van der Waals surface area contributed by atoms with Crippen LogP contribution in [0.1, 0.15) is 13.3 Å². The molecule has 2 N–H and O–H groups in total. The fraction of sp³-hybridized carbons (Fsp3) is 0.417. The Bertz CT molecular complexity index is 744. The lowest BCUT2D eigenvalue weighted by molar-refractivity contribution is 0.471. The summed E-state index contributed by atoms with van der Waals surface area (Å²) >= 11 is 4.99. The molecule has 0 aliphatic carbocycles. The first-order valence-corrected chi connectivity index (χ1v) is 9.94. The molecule has 0 saturated carbocycles. The summed E-state index contributed by atoms with van der Waals surface area (Å²) in [6.07, 6.45) is 0.391. The Balaban J connectivity index is 2.06. The van der Waals surface area contributed by atoms with Gasteiger partial charge in [-0.1, -0.05) is 18.2 Å². The van der Waals surface area contributed by atoms with Crippen LogP contribution in [-0.4, -0.2) is 39.0 Å². The van der Waals surface area contributed by atoms with Crippen molar-refractivity contribution in [3.8, 4) is 0 Å². The molecule has 1 aliphatic rings. The molecule has 1 atom stereocenters. The summed E-state index contributed by atoms with van der Waals surface area (Å²) in [7, 11) is -6.85. The van der Waals surface area contributed by atoms with Crippen LogP contribution in [-0.2, 0) is 19.9 Å². The Hall–Kier alpha value is -1.19. The maximum atomic E-state index is 12.1. The van der Waals surface area contributed by atoms with E-state index in [9.17, 15) is 16.8 Å². The number of nitrogens with one attached hydrogen (secondary N) is 2. The lowest BCUT2D eigenvalue weighted by atomic mass is 10.0. The lowest BCUT2D eigenvalue weighted by Gasteiger charge is -2.25. The molecule has 1 fully saturated rings. The van der Waals surface area contributed by atoms with E-state index in [2.05, 4.69) is 10.0 Å². The molecular formula is C12H16N2O4S3. The molecule has 0 bridgehead atoms. The highest BCUT2D eigenvalue weighted by atomic mass is 32.2. The van der Waals surface area contributed by atoms with E-state index in [0.29, 0.717) is 6.42 Å².